The molecular formula is C12H11Br2ClO2. The van der Waals surface area contributed by atoms with Crippen molar-refractivity contribution in [2.24, 2.45) is 0 Å². The summed E-state index contributed by atoms with van der Waals surface area (Å²) in [6.07, 6.45) is 0. The Balaban J connectivity index is 2.14. The van der Waals surface area contributed by atoms with Gasteiger partial charge in [-0.15, -0.1) is 0 Å². The maximum Gasteiger partial charge on any atom is 0.181 e. The highest BCUT2D eigenvalue weighted by Gasteiger charge is 2.50. The summed E-state index contributed by atoms with van der Waals surface area (Å²) < 4.78 is 5.16. The van der Waals surface area contributed by atoms with Crippen molar-refractivity contribution in [1.29, 1.82) is 0 Å². The molecule has 92 valence electrons. The summed E-state index contributed by atoms with van der Waals surface area (Å²) in [7, 11) is 0. The molecule has 0 bridgehead atoms. The summed E-state index contributed by atoms with van der Waals surface area (Å²) >= 11 is 12.9. The second-order valence-electron chi connectivity index (χ2n) is 4.24. The number of Topliss-reactive ketones (excluding diaryl/α,β-unsaturated/α-hetero) is 1. The number of ether oxygens (including phenoxy) is 1. The predicted molar refractivity (Wildman–Crippen MR) is 75.2 cm³/mol. The average Bonchev–Trinajstić information content (AvgIpc) is 3.06. The topological polar surface area (TPSA) is 29.6 Å². The van der Waals surface area contributed by atoms with Gasteiger partial charge in [0.25, 0.3) is 0 Å². The van der Waals surface area contributed by atoms with Gasteiger partial charge in [-0.1, -0.05) is 55.6 Å². The number of hydrogen-bond acceptors (Lipinski definition) is 2. The second kappa shape index (κ2) is 5.00. The van der Waals surface area contributed by atoms with Crippen LogP contribution in [0.5, 0.6) is 0 Å². The van der Waals surface area contributed by atoms with E-state index in [0.717, 1.165) is 5.56 Å². The first-order valence-electron chi connectivity index (χ1n) is 5.16. The van der Waals surface area contributed by atoms with Gasteiger partial charge in [-0.25, -0.2) is 0 Å². The number of alkyl halides is 2. The minimum absolute atomic E-state index is 0.0550. The average molecular weight is 382 g/mol. The van der Waals surface area contributed by atoms with Gasteiger partial charge in [-0.2, -0.15) is 0 Å². The highest BCUT2D eigenvalue weighted by Crippen LogP contribution is 2.39. The van der Waals surface area contributed by atoms with Crippen LogP contribution in [-0.4, -0.2) is 22.8 Å². The lowest BCUT2D eigenvalue weighted by atomic mass is 10.00. The van der Waals surface area contributed by atoms with Crippen LogP contribution in [0.25, 0.3) is 0 Å². The van der Waals surface area contributed by atoms with E-state index >= 15 is 0 Å². The van der Waals surface area contributed by atoms with E-state index in [1.54, 1.807) is 13.0 Å². The maximum absolute atomic E-state index is 12.1. The molecule has 1 aromatic carbocycles. The van der Waals surface area contributed by atoms with Crippen LogP contribution in [0.2, 0.25) is 5.02 Å². The number of hydrogen-bond donors (Lipinski definition) is 0. The first kappa shape index (κ1) is 13.5. The summed E-state index contributed by atoms with van der Waals surface area (Å²) in [5, 5.41) is 0.660. The van der Waals surface area contributed by atoms with Crippen LogP contribution in [0.15, 0.2) is 24.3 Å². The third-order valence-corrected chi connectivity index (χ3v) is 5.72. The molecule has 2 nitrogen and oxygen atoms in total. The van der Waals surface area contributed by atoms with Gasteiger partial charge in [0, 0.05) is 5.02 Å². The Morgan fingerprint density at radius 2 is 2.18 bits per heavy atom. The zero-order valence-electron chi connectivity index (χ0n) is 9.12. The molecule has 1 aliphatic rings. The van der Waals surface area contributed by atoms with Crippen LogP contribution in [0.3, 0.4) is 0 Å². The van der Waals surface area contributed by atoms with E-state index in [9.17, 15) is 4.79 Å². The molecule has 3 atom stereocenters. The van der Waals surface area contributed by atoms with Crippen LogP contribution >= 0.6 is 43.5 Å². The highest BCUT2D eigenvalue weighted by molar-refractivity contribution is 9.12. The van der Waals surface area contributed by atoms with Crippen molar-refractivity contribution in [3.05, 3.63) is 34.9 Å². The maximum atomic E-state index is 12.1. The normalized spacial score (nSPS) is 26.4. The lowest BCUT2D eigenvalue weighted by molar-refractivity contribution is -0.122. The standard InChI is InChI=1S/C12H11Br2ClO2/c1-12(6-17-12)11(16)10(14)9(13)7-3-2-4-8(15)5-7/h2-5,9-10H,6H2,1H3/t9-,10+,12+/m0/s1. The largest absolute Gasteiger partial charge is 0.362 e. The molecule has 0 N–H and O–H groups in total. The van der Waals surface area contributed by atoms with Crippen LogP contribution in [0.4, 0.5) is 0 Å². The van der Waals surface area contributed by atoms with Crippen LogP contribution in [0, 0.1) is 0 Å². The molecular weight excluding hydrogens is 371 g/mol. The highest BCUT2D eigenvalue weighted by atomic mass is 79.9. The molecule has 0 aliphatic carbocycles. The summed E-state index contributed by atoms with van der Waals surface area (Å²) in [4.78, 5) is 11.7. The quantitative estimate of drug-likeness (QED) is 0.584. The summed E-state index contributed by atoms with van der Waals surface area (Å²) in [6, 6.07) is 7.45. The zero-order chi connectivity index (χ0) is 12.6. The summed E-state index contributed by atoms with van der Waals surface area (Å²) in [5.74, 6) is 0.0550. The van der Waals surface area contributed by atoms with Crippen LogP contribution in [-0.2, 0) is 9.53 Å². The van der Waals surface area contributed by atoms with Crippen molar-refractivity contribution < 1.29 is 9.53 Å². The molecule has 0 amide bonds. The van der Waals surface area contributed by atoms with Crippen molar-refractivity contribution in [2.75, 3.05) is 6.61 Å². The molecule has 1 saturated heterocycles. The van der Waals surface area contributed by atoms with Gasteiger partial charge in [0.2, 0.25) is 0 Å². The summed E-state index contributed by atoms with van der Waals surface area (Å²) in [6.45, 7) is 2.31. The van der Waals surface area contributed by atoms with Crippen LogP contribution < -0.4 is 0 Å². The van der Waals surface area contributed by atoms with E-state index in [0.29, 0.717) is 11.6 Å². The molecule has 17 heavy (non-hydrogen) atoms. The third kappa shape index (κ3) is 2.92. The number of halogens is 3. The lowest BCUT2D eigenvalue weighted by Gasteiger charge is -2.18. The zero-order valence-corrected chi connectivity index (χ0v) is 13.0. The predicted octanol–water partition coefficient (Wildman–Crippen LogP) is 3.90. The first-order valence-corrected chi connectivity index (χ1v) is 7.37. The lowest BCUT2D eigenvalue weighted by Crippen LogP contribution is -2.31. The fraction of sp³-hybridized carbons (Fsp3) is 0.417. The van der Waals surface area contributed by atoms with E-state index in [-0.39, 0.29) is 15.4 Å². The molecule has 2 rings (SSSR count). The molecule has 0 aromatic heterocycles. The number of rotatable bonds is 4. The Kier molecular flexibility index (Phi) is 3.98. The van der Waals surface area contributed by atoms with E-state index in [1.807, 2.05) is 18.2 Å². The smallest absolute Gasteiger partial charge is 0.181 e. The number of benzene rings is 1. The van der Waals surface area contributed by atoms with Gasteiger partial charge in [0.15, 0.2) is 5.78 Å². The summed E-state index contributed by atoms with van der Waals surface area (Å²) in [5.41, 5.74) is 0.357. The fourth-order valence-corrected chi connectivity index (χ4v) is 3.04. The number of carbonyl (C=O) groups is 1. The Hall–Kier alpha value is 0.1000. The van der Waals surface area contributed by atoms with Crippen molar-refractivity contribution in [2.45, 2.75) is 22.2 Å². The Labute approximate surface area is 122 Å². The van der Waals surface area contributed by atoms with Crippen molar-refractivity contribution in [1.82, 2.24) is 0 Å². The third-order valence-electron chi connectivity index (χ3n) is 2.77. The van der Waals surface area contributed by atoms with Gasteiger partial charge in [-0.05, 0) is 24.6 Å². The Morgan fingerprint density at radius 1 is 1.53 bits per heavy atom. The van der Waals surface area contributed by atoms with Gasteiger partial charge in [0.1, 0.15) is 5.60 Å². The van der Waals surface area contributed by atoms with Crippen LogP contribution in [0.1, 0.15) is 17.3 Å². The van der Waals surface area contributed by atoms with Gasteiger partial charge < -0.3 is 4.74 Å². The SMILES string of the molecule is C[C@]1(C(=O)[C@H](Br)[C@@H](Br)c2cccc(Cl)c2)CO1. The number of carbonyl (C=O) groups excluding carboxylic acids is 1. The molecule has 0 radical (unpaired) electrons. The Morgan fingerprint density at radius 3 is 2.71 bits per heavy atom. The van der Waals surface area contributed by atoms with E-state index in [1.165, 1.54) is 0 Å². The Bertz CT molecular complexity index is 446. The molecule has 0 saturated carbocycles. The molecule has 5 heteroatoms. The van der Waals surface area contributed by atoms with E-state index in [2.05, 4.69) is 31.9 Å². The van der Waals surface area contributed by atoms with Crippen molar-refractivity contribution in [3.8, 4) is 0 Å². The molecule has 1 heterocycles. The number of epoxide rings is 1. The van der Waals surface area contributed by atoms with Gasteiger partial charge in [-0.3, -0.25) is 4.79 Å². The number of ketones is 1. The minimum atomic E-state index is -0.612. The van der Waals surface area contributed by atoms with Gasteiger partial charge in [0.05, 0.1) is 16.3 Å². The molecule has 0 spiro atoms. The molecule has 1 aliphatic heterocycles. The monoisotopic (exact) mass is 380 g/mol. The van der Waals surface area contributed by atoms with E-state index in [4.69, 9.17) is 16.3 Å². The minimum Gasteiger partial charge on any atom is -0.362 e. The van der Waals surface area contributed by atoms with Crippen molar-refractivity contribution >= 4 is 49.2 Å². The second-order valence-corrected chi connectivity index (χ2v) is 6.65. The van der Waals surface area contributed by atoms with Gasteiger partial charge >= 0.3 is 0 Å². The van der Waals surface area contributed by atoms with E-state index < -0.39 is 5.60 Å². The first-order chi connectivity index (χ1) is 7.94. The molecule has 1 aromatic rings. The van der Waals surface area contributed by atoms with Crippen molar-refractivity contribution in [3.63, 3.8) is 0 Å². The molecule has 0 unspecified atom stereocenters. The molecule has 1 fully saturated rings. The fourth-order valence-electron chi connectivity index (χ4n) is 1.52.